The van der Waals surface area contributed by atoms with E-state index in [-0.39, 0.29) is 5.41 Å². The van der Waals surface area contributed by atoms with Gasteiger partial charge in [-0.15, -0.1) is 6.58 Å². The third kappa shape index (κ3) is 1.89. The molecule has 14 heavy (non-hydrogen) atoms. The molecule has 0 unspecified atom stereocenters. The molecule has 1 aromatic rings. The van der Waals surface area contributed by atoms with Gasteiger partial charge in [-0.1, -0.05) is 56.7 Å². The van der Waals surface area contributed by atoms with Crippen molar-refractivity contribution in [3.63, 3.8) is 0 Å². The van der Waals surface area contributed by atoms with Crippen LogP contribution in [0.5, 0.6) is 0 Å². The monoisotopic (exact) mass is 188 g/mol. The lowest BCUT2D eigenvalue weighted by molar-refractivity contribution is 0.421. The van der Waals surface area contributed by atoms with Crippen LogP contribution in [-0.4, -0.2) is 0 Å². The molecule has 1 atom stereocenters. The van der Waals surface area contributed by atoms with Crippen molar-refractivity contribution in [2.45, 2.75) is 33.1 Å². The molecule has 0 aliphatic carbocycles. The van der Waals surface area contributed by atoms with E-state index in [1.54, 1.807) is 0 Å². The fraction of sp³-hybridized carbons (Fsp3) is 0.429. The molecule has 0 aromatic heterocycles. The summed E-state index contributed by atoms with van der Waals surface area (Å²) in [5.41, 5.74) is 2.75. The zero-order valence-corrected chi connectivity index (χ0v) is 9.67. The van der Waals surface area contributed by atoms with Crippen molar-refractivity contribution in [2.24, 2.45) is 5.92 Å². The quantitative estimate of drug-likeness (QED) is 0.627. The summed E-state index contributed by atoms with van der Waals surface area (Å²) in [5.74, 6) is 0.572. The fourth-order valence-corrected chi connectivity index (χ4v) is 1.60. The van der Waals surface area contributed by atoms with Crippen LogP contribution in [0.1, 0.15) is 31.9 Å². The van der Waals surface area contributed by atoms with Gasteiger partial charge < -0.3 is 0 Å². The standard InChI is InChI=1S/C14H20/c1-6-14(5,11(2)3)13-9-7-12(4)8-10-13/h6-11H,1H2,2-5H3/t14-/m0/s1. The maximum Gasteiger partial charge on any atom is 0.0124 e. The first-order valence-corrected chi connectivity index (χ1v) is 5.21. The summed E-state index contributed by atoms with van der Waals surface area (Å²) in [5, 5.41) is 0. The van der Waals surface area contributed by atoms with Gasteiger partial charge in [0, 0.05) is 5.41 Å². The molecule has 0 N–H and O–H groups in total. The summed E-state index contributed by atoms with van der Waals surface area (Å²) in [4.78, 5) is 0. The molecule has 0 spiro atoms. The predicted molar refractivity (Wildman–Crippen MR) is 63.6 cm³/mol. The molecule has 0 nitrogen and oxygen atoms in total. The highest BCUT2D eigenvalue weighted by atomic mass is 14.3. The highest BCUT2D eigenvalue weighted by molar-refractivity contribution is 5.32. The Bertz CT molecular complexity index is 305. The largest absolute Gasteiger partial charge is 0.102 e. The molecule has 0 fully saturated rings. The van der Waals surface area contributed by atoms with Crippen LogP contribution in [0.2, 0.25) is 0 Å². The van der Waals surface area contributed by atoms with Crippen LogP contribution in [0.4, 0.5) is 0 Å². The molecule has 0 heterocycles. The number of hydrogen-bond acceptors (Lipinski definition) is 0. The molecular formula is C14H20. The summed E-state index contributed by atoms with van der Waals surface area (Å²) in [7, 11) is 0. The Kier molecular flexibility index (Phi) is 3.15. The first kappa shape index (κ1) is 11.0. The van der Waals surface area contributed by atoms with Gasteiger partial charge in [0.25, 0.3) is 0 Å². The number of aryl methyl sites for hydroxylation is 1. The minimum absolute atomic E-state index is 0.0910. The van der Waals surface area contributed by atoms with Crippen LogP contribution in [0, 0.1) is 12.8 Å². The van der Waals surface area contributed by atoms with E-state index < -0.39 is 0 Å². The molecule has 76 valence electrons. The van der Waals surface area contributed by atoms with Gasteiger partial charge in [-0.3, -0.25) is 0 Å². The van der Waals surface area contributed by atoms with Gasteiger partial charge in [0.1, 0.15) is 0 Å². The van der Waals surface area contributed by atoms with Gasteiger partial charge in [0.05, 0.1) is 0 Å². The van der Waals surface area contributed by atoms with Crippen molar-refractivity contribution < 1.29 is 0 Å². The SMILES string of the molecule is C=C[C@](C)(c1ccc(C)cc1)C(C)C. The van der Waals surface area contributed by atoms with Gasteiger partial charge in [-0.05, 0) is 18.4 Å². The summed E-state index contributed by atoms with van der Waals surface area (Å²) in [6.07, 6.45) is 2.06. The molecule has 0 radical (unpaired) electrons. The Balaban J connectivity index is 3.13. The van der Waals surface area contributed by atoms with E-state index in [1.165, 1.54) is 11.1 Å². The van der Waals surface area contributed by atoms with Crippen molar-refractivity contribution in [3.05, 3.63) is 48.0 Å². The average molecular weight is 188 g/mol. The molecule has 0 saturated heterocycles. The Labute approximate surface area is 87.7 Å². The normalized spacial score (nSPS) is 15.2. The maximum atomic E-state index is 3.95. The van der Waals surface area contributed by atoms with E-state index in [0.717, 1.165) is 0 Å². The maximum absolute atomic E-state index is 3.95. The highest BCUT2D eigenvalue weighted by Gasteiger charge is 2.26. The van der Waals surface area contributed by atoms with Gasteiger partial charge in [-0.25, -0.2) is 0 Å². The average Bonchev–Trinajstić information content (AvgIpc) is 2.17. The van der Waals surface area contributed by atoms with E-state index >= 15 is 0 Å². The predicted octanol–water partition coefficient (Wildman–Crippen LogP) is 4.09. The zero-order chi connectivity index (χ0) is 10.8. The second-order valence-electron chi connectivity index (χ2n) is 4.51. The van der Waals surface area contributed by atoms with Crippen molar-refractivity contribution in [1.82, 2.24) is 0 Å². The minimum Gasteiger partial charge on any atom is -0.102 e. The number of hydrogen-bond donors (Lipinski definition) is 0. The van der Waals surface area contributed by atoms with Gasteiger partial charge >= 0.3 is 0 Å². The van der Waals surface area contributed by atoms with Gasteiger partial charge in [0.15, 0.2) is 0 Å². The van der Waals surface area contributed by atoms with Crippen molar-refractivity contribution in [1.29, 1.82) is 0 Å². The van der Waals surface area contributed by atoms with E-state index in [0.29, 0.717) is 5.92 Å². The van der Waals surface area contributed by atoms with Crippen LogP contribution in [0.25, 0.3) is 0 Å². The van der Waals surface area contributed by atoms with Crippen LogP contribution in [0.3, 0.4) is 0 Å². The van der Waals surface area contributed by atoms with Crippen molar-refractivity contribution in [2.75, 3.05) is 0 Å². The summed E-state index contributed by atoms with van der Waals surface area (Å²) in [6.45, 7) is 12.8. The fourth-order valence-electron chi connectivity index (χ4n) is 1.60. The second kappa shape index (κ2) is 4.00. The van der Waals surface area contributed by atoms with Crippen molar-refractivity contribution in [3.8, 4) is 0 Å². The third-order valence-electron chi connectivity index (χ3n) is 3.30. The molecule has 0 aliphatic rings. The molecule has 1 rings (SSSR count). The van der Waals surface area contributed by atoms with Crippen LogP contribution in [0.15, 0.2) is 36.9 Å². The van der Waals surface area contributed by atoms with Gasteiger partial charge in [0.2, 0.25) is 0 Å². The van der Waals surface area contributed by atoms with E-state index in [4.69, 9.17) is 0 Å². The minimum atomic E-state index is 0.0910. The number of benzene rings is 1. The first-order valence-electron chi connectivity index (χ1n) is 5.21. The number of rotatable bonds is 3. The Hall–Kier alpha value is -1.04. The van der Waals surface area contributed by atoms with Crippen LogP contribution >= 0.6 is 0 Å². The summed E-state index contributed by atoms with van der Waals surface area (Å²) in [6, 6.07) is 8.74. The lowest BCUT2D eigenvalue weighted by Gasteiger charge is -2.31. The zero-order valence-electron chi connectivity index (χ0n) is 9.67. The molecule has 0 aliphatic heterocycles. The molecule has 0 bridgehead atoms. The van der Waals surface area contributed by atoms with E-state index in [1.807, 2.05) is 0 Å². The lowest BCUT2D eigenvalue weighted by atomic mass is 9.73. The lowest BCUT2D eigenvalue weighted by Crippen LogP contribution is -2.25. The molecule has 1 aromatic carbocycles. The second-order valence-corrected chi connectivity index (χ2v) is 4.51. The molecule has 0 heteroatoms. The highest BCUT2D eigenvalue weighted by Crippen LogP contribution is 2.32. The first-order chi connectivity index (χ1) is 6.50. The third-order valence-corrected chi connectivity index (χ3v) is 3.30. The summed E-state index contributed by atoms with van der Waals surface area (Å²) >= 11 is 0. The molecular weight excluding hydrogens is 168 g/mol. The van der Waals surface area contributed by atoms with Crippen molar-refractivity contribution >= 4 is 0 Å². The molecule has 0 saturated carbocycles. The number of allylic oxidation sites excluding steroid dienone is 1. The van der Waals surface area contributed by atoms with E-state index in [2.05, 4.69) is 64.6 Å². The Morgan fingerprint density at radius 2 is 1.71 bits per heavy atom. The topological polar surface area (TPSA) is 0 Å². The van der Waals surface area contributed by atoms with E-state index in [9.17, 15) is 0 Å². The van der Waals surface area contributed by atoms with Crippen LogP contribution in [-0.2, 0) is 5.41 Å². The summed E-state index contributed by atoms with van der Waals surface area (Å²) < 4.78 is 0. The van der Waals surface area contributed by atoms with Gasteiger partial charge in [-0.2, -0.15) is 0 Å². The Morgan fingerprint density at radius 3 is 2.07 bits per heavy atom. The molecule has 0 amide bonds. The Morgan fingerprint density at radius 1 is 1.21 bits per heavy atom. The van der Waals surface area contributed by atoms with Crippen LogP contribution < -0.4 is 0 Å². The smallest absolute Gasteiger partial charge is 0.0124 e.